The fourth-order valence-corrected chi connectivity index (χ4v) is 2.38. The quantitative estimate of drug-likeness (QED) is 0.554. The van der Waals surface area contributed by atoms with Crippen LogP contribution in [0.5, 0.6) is 0 Å². The number of nitrogens with one attached hydrogen (secondary N) is 1. The molecule has 0 radical (unpaired) electrons. The first kappa shape index (κ1) is 15.8. The maximum Gasteiger partial charge on any atom is 0.324 e. The van der Waals surface area contributed by atoms with Crippen LogP contribution in [-0.4, -0.2) is 24.4 Å². The molecule has 0 aliphatic heterocycles. The second-order valence-corrected chi connectivity index (χ2v) is 5.62. The Morgan fingerprint density at radius 2 is 2.00 bits per heavy atom. The highest BCUT2D eigenvalue weighted by Crippen LogP contribution is 2.28. The third-order valence-corrected chi connectivity index (χ3v) is 2.97. The molecule has 96 valence electrons. The van der Waals surface area contributed by atoms with Crippen molar-refractivity contribution in [1.82, 2.24) is 4.72 Å². The van der Waals surface area contributed by atoms with E-state index in [0.29, 0.717) is 0 Å². The van der Waals surface area contributed by atoms with Crippen molar-refractivity contribution in [2.24, 2.45) is 5.41 Å². The lowest BCUT2D eigenvalue weighted by Crippen LogP contribution is -2.46. The molecule has 0 spiro atoms. The minimum atomic E-state index is -0.246. The van der Waals surface area contributed by atoms with E-state index in [1.807, 2.05) is 20.1 Å². The van der Waals surface area contributed by atoms with Crippen LogP contribution < -0.4 is 4.72 Å². The van der Waals surface area contributed by atoms with E-state index in [2.05, 4.69) is 25.5 Å². The third-order valence-electron chi connectivity index (χ3n) is 2.50. The molecular weight excluding hydrogens is 222 g/mol. The molecule has 0 aromatic carbocycles. The van der Waals surface area contributed by atoms with Gasteiger partial charge in [-0.25, -0.2) is 4.72 Å². The molecule has 1 N–H and O–H groups in total. The summed E-state index contributed by atoms with van der Waals surface area (Å²) in [6, 6.07) is -0.246. The lowest BCUT2D eigenvalue weighted by Gasteiger charge is -2.33. The van der Waals surface area contributed by atoms with Gasteiger partial charge in [-0.1, -0.05) is 39.1 Å². The van der Waals surface area contributed by atoms with Crippen LogP contribution in [0, 0.1) is 5.41 Å². The van der Waals surface area contributed by atoms with E-state index < -0.39 is 0 Å². The largest absolute Gasteiger partial charge is 0.462 e. The number of rotatable bonds is 7. The molecular formula is C12H25NO2S. The van der Waals surface area contributed by atoms with Gasteiger partial charge in [0.2, 0.25) is 0 Å². The lowest BCUT2D eigenvalue weighted by atomic mass is 9.81. The van der Waals surface area contributed by atoms with E-state index in [9.17, 15) is 4.79 Å². The zero-order valence-electron chi connectivity index (χ0n) is 11.3. The molecule has 3 nitrogen and oxygen atoms in total. The van der Waals surface area contributed by atoms with Crippen LogP contribution >= 0.6 is 11.9 Å². The summed E-state index contributed by atoms with van der Waals surface area (Å²) in [5.74, 6) is -0.150. The van der Waals surface area contributed by atoms with Gasteiger partial charge in [-0.2, -0.15) is 0 Å². The summed E-state index contributed by atoms with van der Waals surface area (Å²) >= 11 is 1.47. The molecule has 0 amide bonds. The number of ether oxygens (including phenoxy) is 1. The van der Waals surface area contributed by atoms with E-state index in [-0.39, 0.29) is 23.5 Å². The molecule has 0 rings (SSSR count). The summed E-state index contributed by atoms with van der Waals surface area (Å²) in [7, 11) is 0. The Morgan fingerprint density at radius 3 is 2.38 bits per heavy atom. The highest BCUT2D eigenvalue weighted by atomic mass is 32.2. The van der Waals surface area contributed by atoms with Crippen LogP contribution in [-0.2, 0) is 9.53 Å². The standard InChI is InChI=1S/C12H25NO2S/c1-7-8-12(4,5)10(13-16-6)11(14)15-9(2)3/h9-10,13H,7-8H2,1-6H3. The maximum atomic E-state index is 12.0. The number of hydrogen-bond acceptors (Lipinski definition) is 4. The molecule has 1 unspecified atom stereocenters. The van der Waals surface area contributed by atoms with Gasteiger partial charge in [0.15, 0.2) is 0 Å². The molecule has 0 aliphatic rings. The van der Waals surface area contributed by atoms with Gasteiger partial charge in [-0.15, -0.1) is 0 Å². The molecule has 4 heteroatoms. The van der Waals surface area contributed by atoms with Crippen LogP contribution in [0.15, 0.2) is 0 Å². The van der Waals surface area contributed by atoms with Crippen LogP contribution in [0.25, 0.3) is 0 Å². The first-order valence-corrected chi connectivity index (χ1v) is 7.06. The average molecular weight is 247 g/mol. The van der Waals surface area contributed by atoms with Gasteiger partial charge in [0, 0.05) is 0 Å². The first-order valence-electron chi connectivity index (χ1n) is 5.84. The van der Waals surface area contributed by atoms with Gasteiger partial charge < -0.3 is 4.74 Å². The maximum absolute atomic E-state index is 12.0. The fourth-order valence-electron chi connectivity index (χ4n) is 1.73. The van der Waals surface area contributed by atoms with Gasteiger partial charge in [-0.3, -0.25) is 4.79 Å². The monoisotopic (exact) mass is 247 g/mol. The van der Waals surface area contributed by atoms with E-state index in [4.69, 9.17) is 4.74 Å². The third kappa shape index (κ3) is 5.21. The number of carbonyl (C=O) groups is 1. The van der Waals surface area contributed by atoms with E-state index in [1.54, 1.807) is 0 Å². The Bertz CT molecular complexity index is 217. The molecule has 0 saturated heterocycles. The van der Waals surface area contributed by atoms with E-state index in [0.717, 1.165) is 12.8 Å². The second-order valence-electron chi connectivity index (χ2n) is 4.98. The second kappa shape index (κ2) is 7.17. The number of hydrogen-bond donors (Lipinski definition) is 1. The topological polar surface area (TPSA) is 38.3 Å². The van der Waals surface area contributed by atoms with Crippen molar-refractivity contribution in [3.05, 3.63) is 0 Å². The molecule has 0 heterocycles. The average Bonchev–Trinajstić information content (AvgIpc) is 2.12. The zero-order chi connectivity index (χ0) is 12.8. The fraction of sp³-hybridized carbons (Fsp3) is 0.917. The SMILES string of the molecule is CCCC(C)(C)C(NSC)C(=O)OC(C)C. The molecule has 0 fully saturated rings. The molecule has 0 bridgehead atoms. The van der Waals surface area contributed by atoms with Crippen molar-refractivity contribution >= 4 is 17.9 Å². The smallest absolute Gasteiger partial charge is 0.324 e. The molecule has 16 heavy (non-hydrogen) atoms. The van der Waals surface area contributed by atoms with Gasteiger partial charge >= 0.3 is 5.97 Å². The summed E-state index contributed by atoms with van der Waals surface area (Å²) in [5.41, 5.74) is -0.0796. The predicted octanol–water partition coefficient (Wildman–Crippen LogP) is 3.00. The molecule has 0 aromatic rings. The Labute approximate surface area is 104 Å². The highest BCUT2D eigenvalue weighted by molar-refractivity contribution is 7.96. The van der Waals surface area contributed by atoms with Crippen molar-refractivity contribution in [1.29, 1.82) is 0 Å². The highest BCUT2D eigenvalue weighted by Gasteiger charge is 2.35. The summed E-state index contributed by atoms with van der Waals surface area (Å²) in [5, 5.41) is 0. The van der Waals surface area contributed by atoms with Gasteiger partial charge in [0.05, 0.1) is 6.10 Å². The Morgan fingerprint density at radius 1 is 1.44 bits per heavy atom. The molecule has 0 aliphatic carbocycles. The van der Waals surface area contributed by atoms with Crippen molar-refractivity contribution in [3.8, 4) is 0 Å². The summed E-state index contributed by atoms with van der Waals surface area (Å²) in [4.78, 5) is 12.0. The summed E-state index contributed by atoms with van der Waals surface area (Å²) < 4.78 is 8.44. The van der Waals surface area contributed by atoms with Crippen LogP contribution in [0.3, 0.4) is 0 Å². The van der Waals surface area contributed by atoms with Crippen molar-refractivity contribution in [3.63, 3.8) is 0 Å². The number of esters is 1. The number of carbonyl (C=O) groups excluding carboxylic acids is 1. The van der Waals surface area contributed by atoms with Crippen LogP contribution in [0.1, 0.15) is 47.5 Å². The van der Waals surface area contributed by atoms with Gasteiger partial charge in [0.25, 0.3) is 0 Å². The van der Waals surface area contributed by atoms with Crippen LogP contribution in [0.2, 0.25) is 0 Å². The minimum Gasteiger partial charge on any atom is -0.462 e. The van der Waals surface area contributed by atoms with Crippen LogP contribution in [0.4, 0.5) is 0 Å². The van der Waals surface area contributed by atoms with Crippen molar-refractivity contribution in [2.45, 2.75) is 59.6 Å². The Kier molecular flexibility index (Phi) is 7.07. The minimum absolute atomic E-state index is 0.0592. The summed E-state index contributed by atoms with van der Waals surface area (Å²) in [6.45, 7) is 10.1. The molecule has 0 aromatic heterocycles. The van der Waals surface area contributed by atoms with Gasteiger partial charge in [0.1, 0.15) is 6.04 Å². The first-order chi connectivity index (χ1) is 7.35. The Balaban J connectivity index is 4.64. The van der Waals surface area contributed by atoms with Gasteiger partial charge in [-0.05, 0) is 31.9 Å². The van der Waals surface area contributed by atoms with E-state index in [1.165, 1.54) is 11.9 Å². The zero-order valence-corrected chi connectivity index (χ0v) is 12.1. The molecule has 1 atom stereocenters. The van der Waals surface area contributed by atoms with Crippen molar-refractivity contribution < 1.29 is 9.53 Å². The lowest BCUT2D eigenvalue weighted by molar-refractivity contribution is -0.152. The van der Waals surface area contributed by atoms with E-state index >= 15 is 0 Å². The predicted molar refractivity (Wildman–Crippen MR) is 70.4 cm³/mol. The molecule has 0 saturated carbocycles. The normalized spacial score (nSPS) is 13.9. The summed E-state index contributed by atoms with van der Waals surface area (Å²) in [6.07, 6.45) is 3.93. The Hall–Kier alpha value is -0.220. The van der Waals surface area contributed by atoms with Crippen molar-refractivity contribution in [2.75, 3.05) is 6.26 Å².